The Bertz CT molecular complexity index is 1100. The van der Waals surface area contributed by atoms with Gasteiger partial charge in [0, 0.05) is 34.4 Å². The standard InChI is InChI=1S/C23H21BrN2O4/c1-22(2,3)30-21(29)26-19(27)13-17(14-9-11-15(24)12-10-14)23(26)16-7-5-6-8-18(16)25(4)20(23)28/h5-13H,1-4H3/t23-/m1/s1. The van der Waals surface area contributed by atoms with Crippen LogP contribution in [0.3, 0.4) is 0 Å². The number of fused-ring (bicyclic) bond motifs is 2. The van der Waals surface area contributed by atoms with Crippen molar-refractivity contribution in [3.63, 3.8) is 0 Å². The number of nitrogens with zero attached hydrogens (tertiary/aromatic N) is 2. The number of amides is 3. The molecule has 30 heavy (non-hydrogen) atoms. The van der Waals surface area contributed by atoms with Crippen LogP contribution >= 0.6 is 15.9 Å². The van der Waals surface area contributed by atoms with Gasteiger partial charge >= 0.3 is 6.09 Å². The number of hydrogen-bond donors (Lipinski definition) is 0. The summed E-state index contributed by atoms with van der Waals surface area (Å²) in [5.41, 5.74) is -0.0919. The highest BCUT2D eigenvalue weighted by Crippen LogP contribution is 2.54. The van der Waals surface area contributed by atoms with E-state index in [1.165, 1.54) is 11.0 Å². The highest BCUT2D eigenvalue weighted by Gasteiger charge is 2.63. The Hall–Kier alpha value is -2.93. The molecule has 7 heteroatoms. The molecule has 0 aliphatic carbocycles. The number of carbonyl (C=O) groups is 3. The zero-order valence-corrected chi connectivity index (χ0v) is 18.7. The minimum Gasteiger partial charge on any atom is -0.443 e. The second-order valence-corrected chi connectivity index (χ2v) is 9.23. The van der Waals surface area contributed by atoms with Gasteiger partial charge in [0.1, 0.15) is 5.60 Å². The zero-order chi connectivity index (χ0) is 21.8. The molecule has 6 nitrogen and oxygen atoms in total. The number of imide groups is 1. The maximum atomic E-state index is 13.7. The summed E-state index contributed by atoms with van der Waals surface area (Å²) in [5, 5.41) is 0. The molecule has 2 aliphatic rings. The fourth-order valence-corrected chi connectivity index (χ4v) is 4.31. The van der Waals surface area contributed by atoms with Gasteiger partial charge in [0.15, 0.2) is 5.54 Å². The summed E-state index contributed by atoms with van der Waals surface area (Å²) in [4.78, 5) is 42.5. The van der Waals surface area contributed by atoms with Crippen LogP contribution in [0.4, 0.5) is 10.5 Å². The summed E-state index contributed by atoms with van der Waals surface area (Å²) in [7, 11) is 1.64. The largest absolute Gasteiger partial charge is 0.443 e. The van der Waals surface area contributed by atoms with Gasteiger partial charge in [-0.1, -0.05) is 46.3 Å². The van der Waals surface area contributed by atoms with Crippen LogP contribution in [-0.4, -0.2) is 35.5 Å². The number of rotatable bonds is 1. The third kappa shape index (κ3) is 2.88. The summed E-state index contributed by atoms with van der Waals surface area (Å²) in [6.45, 7) is 5.16. The van der Waals surface area contributed by atoms with Gasteiger partial charge in [-0.25, -0.2) is 9.69 Å². The molecular weight excluding hydrogens is 448 g/mol. The molecule has 0 fully saturated rings. The highest BCUT2D eigenvalue weighted by molar-refractivity contribution is 9.10. The van der Waals surface area contributed by atoms with Crippen molar-refractivity contribution in [3.05, 3.63) is 70.2 Å². The molecule has 0 radical (unpaired) electrons. The summed E-state index contributed by atoms with van der Waals surface area (Å²) < 4.78 is 6.40. The van der Waals surface area contributed by atoms with Crippen molar-refractivity contribution >= 4 is 45.1 Å². The lowest BCUT2D eigenvalue weighted by atomic mass is 9.81. The molecule has 0 saturated heterocycles. The van der Waals surface area contributed by atoms with Crippen LogP contribution in [0, 0.1) is 0 Å². The third-order valence-corrected chi connectivity index (χ3v) is 5.74. The fourth-order valence-electron chi connectivity index (χ4n) is 4.05. The Kier molecular flexibility index (Phi) is 4.62. The predicted molar refractivity (Wildman–Crippen MR) is 117 cm³/mol. The van der Waals surface area contributed by atoms with E-state index in [1.807, 2.05) is 30.3 Å². The van der Waals surface area contributed by atoms with Gasteiger partial charge in [-0.05, 0) is 44.5 Å². The number of para-hydroxylation sites is 1. The normalized spacial score (nSPS) is 20.6. The lowest BCUT2D eigenvalue weighted by Crippen LogP contribution is -2.55. The second kappa shape index (κ2) is 6.80. The van der Waals surface area contributed by atoms with Crippen LogP contribution in [0.5, 0.6) is 0 Å². The molecule has 3 amide bonds. The molecule has 1 spiro atoms. The Morgan fingerprint density at radius 2 is 1.67 bits per heavy atom. The van der Waals surface area contributed by atoms with Gasteiger partial charge in [0.2, 0.25) is 0 Å². The number of carbonyl (C=O) groups excluding carboxylic acids is 3. The van der Waals surface area contributed by atoms with E-state index in [1.54, 1.807) is 46.0 Å². The van der Waals surface area contributed by atoms with Crippen molar-refractivity contribution in [2.45, 2.75) is 31.9 Å². The molecule has 2 aromatic rings. The Balaban J connectivity index is 1.98. The van der Waals surface area contributed by atoms with Crippen LogP contribution < -0.4 is 4.90 Å². The molecule has 2 aromatic carbocycles. The number of hydrogen-bond acceptors (Lipinski definition) is 4. The minimum atomic E-state index is -1.61. The fraction of sp³-hybridized carbons (Fsp3) is 0.261. The number of anilines is 1. The SMILES string of the molecule is CN1C(=O)[C@]2(C(c3ccc(Br)cc3)=CC(=O)N2C(=O)OC(C)(C)C)c2ccccc21. The van der Waals surface area contributed by atoms with Gasteiger partial charge in [-0.2, -0.15) is 0 Å². The maximum Gasteiger partial charge on any atom is 0.418 e. The molecule has 0 N–H and O–H groups in total. The average Bonchev–Trinajstić information content (AvgIpc) is 3.10. The van der Waals surface area contributed by atoms with E-state index in [0.29, 0.717) is 22.4 Å². The smallest absolute Gasteiger partial charge is 0.418 e. The van der Waals surface area contributed by atoms with Crippen molar-refractivity contribution in [1.82, 2.24) is 4.90 Å². The van der Waals surface area contributed by atoms with Crippen molar-refractivity contribution < 1.29 is 19.1 Å². The van der Waals surface area contributed by atoms with Gasteiger partial charge in [-0.15, -0.1) is 0 Å². The summed E-state index contributed by atoms with van der Waals surface area (Å²) in [6.07, 6.45) is 0.510. The Labute approximate surface area is 183 Å². The number of halogens is 1. The predicted octanol–water partition coefficient (Wildman–Crippen LogP) is 4.48. The molecule has 0 unspecified atom stereocenters. The van der Waals surface area contributed by atoms with Crippen molar-refractivity contribution in [2.75, 3.05) is 11.9 Å². The van der Waals surface area contributed by atoms with Gasteiger partial charge in [-0.3, -0.25) is 9.59 Å². The van der Waals surface area contributed by atoms with Crippen molar-refractivity contribution in [2.24, 2.45) is 0 Å². The summed E-state index contributed by atoms with van der Waals surface area (Å²) in [5.74, 6) is -0.963. The molecule has 0 bridgehead atoms. The van der Waals surface area contributed by atoms with Crippen LogP contribution in [-0.2, 0) is 19.9 Å². The van der Waals surface area contributed by atoms with E-state index >= 15 is 0 Å². The van der Waals surface area contributed by atoms with Gasteiger partial charge < -0.3 is 9.64 Å². The number of ether oxygens (including phenoxy) is 1. The highest BCUT2D eigenvalue weighted by atomic mass is 79.9. The van der Waals surface area contributed by atoms with Gasteiger partial charge in [0.05, 0.1) is 0 Å². The monoisotopic (exact) mass is 468 g/mol. The maximum absolute atomic E-state index is 13.7. The topological polar surface area (TPSA) is 66.9 Å². The summed E-state index contributed by atoms with van der Waals surface area (Å²) in [6, 6.07) is 14.5. The number of benzene rings is 2. The first kappa shape index (κ1) is 20.3. The molecule has 4 rings (SSSR count). The van der Waals surface area contributed by atoms with E-state index in [-0.39, 0.29) is 5.91 Å². The average molecular weight is 469 g/mol. The first-order valence-electron chi connectivity index (χ1n) is 9.50. The lowest BCUT2D eigenvalue weighted by molar-refractivity contribution is -0.136. The van der Waals surface area contributed by atoms with E-state index in [0.717, 1.165) is 9.37 Å². The van der Waals surface area contributed by atoms with Crippen LogP contribution in [0.1, 0.15) is 31.9 Å². The van der Waals surface area contributed by atoms with E-state index in [4.69, 9.17) is 4.74 Å². The summed E-state index contributed by atoms with van der Waals surface area (Å²) >= 11 is 3.41. The van der Waals surface area contributed by atoms with Crippen molar-refractivity contribution in [3.8, 4) is 0 Å². The molecule has 0 saturated carbocycles. The molecule has 2 aliphatic heterocycles. The number of likely N-dealkylation sites (N-methyl/N-ethyl adjacent to an activating group) is 1. The molecule has 2 heterocycles. The van der Waals surface area contributed by atoms with E-state index < -0.39 is 23.1 Å². The Morgan fingerprint density at radius 1 is 1.03 bits per heavy atom. The van der Waals surface area contributed by atoms with Gasteiger partial charge in [0.25, 0.3) is 11.8 Å². The molecule has 1 atom stereocenters. The van der Waals surface area contributed by atoms with E-state index in [2.05, 4.69) is 15.9 Å². The van der Waals surface area contributed by atoms with Crippen LogP contribution in [0.15, 0.2) is 59.1 Å². The zero-order valence-electron chi connectivity index (χ0n) is 17.1. The van der Waals surface area contributed by atoms with Crippen LogP contribution in [0.2, 0.25) is 0 Å². The van der Waals surface area contributed by atoms with Crippen molar-refractivity contribution in [1.29, 1.82) is 0 Å². The molecular formula is C23H21BrN2O4. The minimum absolute atomic E-state index is 0.380. The molecule has 154 valence electrons. The molecule has 0 aromatic heterocycles. The van der Waals surface area contributed by atoms with Crippen LogP contribution in [0.25, 0.3) is 5.57 Å². The second-order valence-electron chi connectivity index (χ2n) is 8.31. The Morgan fingerprint density at radius 3 is 2.30 bits per heavy atom. The third-order valence-electron chi connectivity index (χ3n) is 5.21. The lowest BCUT2D eigenvalue weighted by Gasteiger charge is -2.36. The first-order chi connectivity index (χ1) is 14.1. The first-order valence-corrected chi connectivity index (χ1v) is 10.3. The van der Waals surface area contributed by atoms with E-state index in [9.17, 15) is 14.4 Å². The quantitative estimate of drug-likeness (QED) is 0.618.